The highest BCUT2D eigenvalue weighted by molar-refractivity contribution is 5.95. The molecule has 4 N–H and O–H groups in total. The molecule has 0 aromatic heterocycles. The minimum atomic E-state index is -0.0981. The number of nitrogens with two attached hydrogens (primary N) is 2. The quantitative estimate of drug-likeness (QED) is 0.618. The van der Waals surface area contributed by atoms with Gasteiger partial charge in [0.2, 0.25) is 0 Å². The van der Waals surface area contributed by atoms with Gasteiger partial charge in [-0.05, 0) is 18.2 Å². The van der Waals surface area contributed by atoms with Crippen molar-refractivity contribution < 1.29 is 4.79 Å². The van der Waals surface area contributed by atoms with E-state index >= 15 is 0 Å². The standard InChI is InChI=1S/C9H13N3O/c1-12(2)9(13)6-3-7(10)5-8(11)4-6/h3-5H,10-11H2,1-2H3. The van der Waals surface area contributed by atoms with Crippen molar-refractivity contribution >= 4 is 17.3 Å². The van der Waals surface area contributed by atoms with Crippen molar-refractivity contribution in [2.75, 3.05) is 25.6 Å². The summed E-state index contributed by atoms with van der Waals surface area (Å²) >= 11 is 0. The van der Waals surface area contributed by atoms with Crippen LogP contribution in [0.1, 0.15) is 10.4 Å². The molecule has 0 saturated heterocycles. The third kappa shape index (κ3) is 2.11. The largest absolute Gasteiger partial charge is 0.399 e. The first-order valence-electron chi connectivity index (χ1n) is 3.88. The van der Waals surface area contributed by atoms with Crippen molar-refractivity contribution in [2.24, 2.45) is 0 Å². The molecule has 0 radical (unpaired) electrons. The summed E-state index contributed by atoms with van der Waals surface area (Å²) in [5.74, 6) is -0.0981. The minimum Gasteiger partial charge on any atom is -0.399 e. The van der Waals surface area contributed by atoms with Crippen molar-refractivity contribution in [1.29, 1.82) is 0 Å². The van der Waals surface area contributed by atoms with E-state index < -0.39 is 0 Å². The molecular formula is C9H13N3O. The maximum Gasteiger partial charge on any atom is 0.253 e. The highest BCUT2D eigenvalue weighted by atomic mass is 16.2. The zero-order chi connectivity index (χ0) is 10.0. The maximum absolute atomic E-state index is 11.5. The van der Waals surface area contributed by atoms with Crippen molar-refractivity contribution in [2.45, 2.75) is 0 Å². The molecular weight excluding hydrogens is 166 g/mol. The number of amides is 1. The summed E-state index contributed by atoms with van der Waals surface area (Å²) in [6, 6.07) is 4.84. The normalized spacial score (nSPS) is 9.69. The first kappa shape index (κ1) is 9.38. The fraction of sp³-hybridized carbons (Fsp3) is 0.222. The number of benzene rings is 1. The van der Waals surface area contributed by atoms with Crippen molar-refractivity contribution in [1.82, 2.24) is 4.90 Å². The summed E-state index contributed by atoms with van der Waals surface area (Å²) in [4.78, 5) is 12.9. The van der Waals surface area contributed by atoms with E-state index in [1.165, 1.54) is 4.90 Å². The van der Waals surface area contributed by atoms with Gasteiger partial charge in [-0.1, -0.05) is 0 Å². The Morgan fingerprint density at radius 2 is 1.62 bits per heavy atom. The Bertz CT molecular complexity index is 313. The molecule has 0 aliphatic heterocycles. The molecule has 0 fully saturated rings. The van der Waals surface area contributed by atoms with Crippen LogP contribution >= 0.6 is 0 Å². The van der Waals surface area contributed by atoms with Crippen molar-refractivity contribution in [3.05, 3.63) is 23.8 Å². The number of carbonyl (C=O) groups is 1. The Hall–Kier alpha value is -1.71. The van der Waals surface area contributed by atoms with Crippen LogP contribution in [0, 0.1) is 0 Å². The number of hydrogen-bond donors (Lipinski definition) is 2. The molecule has 13 heavy (non-hydrogen) atoms. The summed E-state index contributed by atoms with van der Waals surface area (Å²) in [6.07, 6.45) is 0. The molecule has 0 atom stereocenters. The number of carbonyl (C=O) groups excluding carboxylic acids is 1. The van der Waals surface area contributed by atoms with Gasteiger partial charge in [0.05, 0.1) is 0 Å². The Balaban J connectivity index is 3.08. The molecule has 1 aromatic carbocycles. The fourth-order valence-corrected chi connectivity index (χ4v) is 1.06. The smallest absolute Gasteiger partial charge is 0.253 e. The number of hydrogen-bond acceptors (Lipinski definition) is 3. The molecule has 0 bridgehead atoms. The highest BCUT2D eigenvalue weighted by Crippen LogP contribution is 2.14. The van der Waals surface area contributed by atoms with Crippen LogP contribution in [-0.4, -0.2) is 24.9 Å². The molecule has 0 aliphatic rings. The van der Waals surface area contributed by atoms with Crippen LogP contribution in [0.5, 0.6) is 0 Å². The van der Waals surface area contributed by atoms with Gasteiger partial charge >= 0.3 is 0 Å². The fourth-order valence-electron chi connectivity index (χ4n) is 1.06. The van der Waals surface area contributed by atoms with E-state index in [0.717, 1.165) is 0 Å². The van der Waals surface area contributed by atoms with E-state index in [9.17, 15) is 4.79 Å². The molecule has 0 heterocycles. The van der Waals surface area contributed by atoms with E-state index in [0.29, 0.717) is 16.9 Å². The summed E-state index contributed by atoms with van der Waals surface area (Å²) in [7, 11) is 3.36. The van der Waals surface area contributed by atoms with Crippen LogP contribution in [0.25, 0.3) is 0 Å². The summed E-state index contributed by atoms with van der Waals surface area (Å²) in [5.41, 5.74) is 12.6. The summed E-state index contributed by atoms with van der Waals surface area (Å²) in [5, 5.41) is 0. The van der Waals surface area contributed by atoms with Crippen LogP contribution in [0.4, 0.5) is 11.4 Å². The summed E-state index contributed by atoms with van der Waals surface area (Å²) < 4.78 is 0. The zero-order valence-electron chi connectivity index (χ0n) is 7.74. The monoisotopic (exact) mass is 179 g/mol. The van der Waals surface area contributed by atoms with Gasteiger partial charge in [0.1, 0.15) is 0 Å². The Labute approximate surface area is 77.1 Å². The second kappa shape index (κ2) is 3.35. The number of rotatable bonds is 1. The average Bonchev–Trinajstić information content (AvgIpc) is 2.01. The van der Waals surface area contributed by atoms with E-state index in [2.05, 4.69) is 0 Å². The first-order chi connectivity index (χ1) is 6.00. The average molecular weight is 179 g/mol. The lowest BCUT2D eigenvalue weighted by Crippen LogP contribution is -2.21. The third-order valence-corrected chi connectivity index (χ3v) is 1.63. The predicted molar refractivity (Wildman–Crippen MR) is 53.3 cm³/mol. The van der Waals surface area contributed by atoms with E-state index in [-0.39, 0.29) is 5.91 Å². The van der Waals surface area contributed by atoms with Crippen LogP contribution in [0.2, 0.25) is 0 Å². The van der Waals surface area contributed by atoms with Crippen LogP contribution < -0.4 is 11.5 Å². The van der Waals surface area contributed by atoms with Crippen molar-refractivity contribution in [3.8, 4) is 0 Å². The molecule has 0 aliphatic carbocycles. The molecule has 70 valence electrons. The molecule has 4 nitrogen and oxygen atoms in total. The van der Waals surface area contributed by atoms with Gasteiger partial charge in [-0.3, -0.25) is 4.79 Å². The second-order valence-electron chi connectivity index (χ2n) is 3.09. The third-order valence-electron chi connectivity index (χ3n) is 1.63. The second-order valence-corrected chi connectivity index (χ2v) is 3.09. The molecule has 4 heteroatoms. The van der Waals surface area contributed by atoms with Gasteiger partial charge in [0.15, 0.2) is 0 Å². The lowest BCUT2D eigenvalue weighted by molar-refractivity contribution is 0.0827. The topological polar surface area (TPSA) is 72.3 Å². The molecule has 0 saturated carbocycles. The number of nitrogens with zero attached hydrogens (tertiary/aromatic N) is 1. The van der Waals surface area contributed by atoms with Gasteiger partial charge in [0.25, 0.3) is 5.91 Å². The van der Waals surface area contributed by atoms with E-state index in [1.54, 1.807) is 32.3 Å². The Kier molecular flexibility index (Phi) is 2.41. The molecule has 1 aromatic rings. The van der Waals surface area contributed by atoms with Crippen molar-refractivity contribution in [3.63, 3.8) is 0 Å². The van der Waals surface area contributed by atoms with Gasteiger partial charge in [-0.2, -0.15) is 0 Å². The number of anilines is 2. The molecule has 0 unspecified atom stereocenters. The van der Waals surface area contributed by atoms with Crippen LogP contribution in [-0.2, 0) is 0 Å². The van der Waals surface area contributed by atoms with Gasteiger partial charge < -0.3 is 16.4 Å². The number of nitrogen functional groups attached to an aromatic ring is 2. The van der Waals surface area contributed by atoms with E-state index in [4.69, 9.17) is 11.5 Å². The molecule has 1 amide bonds. The Morgan fingerprint density at radius 1 is 1.15 bits per heavy atom. The molecule has 0 spiro atoms. The van der Waals surface area contributed by atoms with Gasteiger partial charge in [-0.25, -0.2) is 0 Å². The lowest BCUT2D eigenvalue weighted by Gasteiger charge is -2.10. The maximum atomic E-state index is 11.5. The van der Waals surface area contributed by atoms with Gasteiger partial charge in [0, 0.05) is 31.0 Å². The highest BCUT2D eigenvalue weighted by Gasteiger charge is 2.08. The van der Waals surface area contributed by atoms with Crippen LogP contribution in [0.3, 0.4) is 0 Å². The molecule has 1 rings (SSSR count). The van der Waals surface area contributed by atoms with E-state index in [1.807, 2.05) is 0 Å². The lowest BCUT2D eigenvalue weighted by atomic mass is 10.1. The first-order valence-corrected chi connectivity index (χ1v) is 3.88. The Morgan fingerprint density at radius 3 is 2.00 bits per heavy atom. The zero-order valence-corrected chi connectivity index (χ0v) is 7.74. The van der Waals surface area contributed by atoms with Gasteiger partial charge in [-0.15, -0.1) is 0 Å². The summed E-state index contributed by atoms with van der Waals surface area (Å²) in [6.45, 7) is 0. The van der Waals surface area contributed by atoms with Crippen LogP contribution in [0.15, 0.2) is 18.2 Å². The minimum absolute atomic E-state index is 0.0981. The predicted octanol–water partition coefficient (Wildman–Crippen LogP) is 0.553. The SMILES string of the molecule is CN(C)C(=O)c1cc(N)cc(N)c1.